The van der Waals surface area contributed by atoms with E-state index in [-0.39, 0.29) is 74.2 Å². The normalized spacial score (nSPS) is 28.5. The number of hydrogen-bond acceptors (Lipinski definition) is 25. The number of amides is 7. The number of ketones is 1. The number of phenolic OH excluding ortho intramolecular Hbond substituents is 3. The molecule has 1 unspecified atom stereocenters. The van der Waals surface area contributed by atoms with Crippen molar-refractivity contribution in [1.82, 2.24) is 42.1 Å². The Labute approximate surface area is 640 Å². The predicted octanol–water partition coefficient (Wildman–Crippen LogP) is 3.29. The summed E-state index contributed by atoms with van der Waals surface area (Å²) in [6.45, 7) is 8.37. The van der Waals surface area contributed by atoms with Gasteiger partial charge in [-0.25, -0.2) is 0 Å². The molecule has 18 atom stereocenters. The van der Waals surface area contributed by atoms with E-state index in [1.165, 1.54) is 38.2 Å². The summed E-state index contributed by atoms with van der Waals surface area (Å²) in [4.78, 5) is 120. The van der Waals surface area contributed by atoms with Crippen LogP contribution in [0.4, 0.5) is 0 Å². The highest BCUT2D eigenvalue weighted by molar-refractivity contribution is 15.0. The van der Waals surface area contributed by atoms with Crippen molar-refractivity contribution >= 4 is 108 Å². The molecule has 7 heterocycles. The third-order valence-corrected chi connectivity index (χ3v) is 19.9. The van der Waals surface area contributed by atoms with Crippen LogP contribution in [0.3, 0.4) is 0 Å². The van der Waals surface area contributed by atoms with Gasteiger partial charge in [0, 0.05) is 60.3 Å². The second-order valence-electron chi connectivity index (χ2n) is 27.1. The average Bonchev–Trinajstić information content (AvgIpc) is 0.765. The molecule has 5 aromatic rings. The minimum absolute atomic E-state index is 0.0744. The summed E-state index contributed by atoms with van der Waals surface area (Å²) in [6, 6.07) is -0.00248. The SMILES string of the molecule is CN[C@H](CC(C)C)C(=O)NC1C(=O)N[C@@H](CC(N)=O)C(=O)N[C@H]2C(=O)N[C@H]3C(=O)N[C@H](C(=O)N[C@H](C(C)=O)c4cc(O)c(C)c(O)c4-c4cc3ccc4O)[C@H](O)c3ccc(c(Cl)c3)Oc3cc2cc(c3O[C@@H]2O[C@H](CO)[C@@H](O)[C@H](O)[C@H]2O[C@H]2C[C@](C)(N(C)C)[C@H](O)[C@H](C)O2)Oc2ccc(cc2Cl)[C@H]1O.II. The number of primary amides is 1. The zero-order chi connectivity index (χ0) is 78.0. The lowest BCUT2D eigenvalue weighted by Crippen LogP contribution is -2.65. The topological polar surface area (TPSA) is 487 Å². The maximum Gasteiger partial charge on any atom is 0.248 e. The maximum absolute atomic E-state index is 16.1. The molecule has 32 nitrogen and oxygen atoms in total. The van der Waals surface area contributed by atoms with Crippen molar-refractivity contribution in [3.63, 3.8) is 0 Å². The number of ether oxygens (including phenoxy) is 6. The second-order valence-corrected chi connectivity index (χ2v) is 28.0. The largest absolute Gasteiger partial charge is 0.508 e. The molecule has 0 spiro atoms. The van der Waals surface area contributed by atoms with Crippen molar-refractivity contribution in [3.8, 4) is 57.1 Å². The number of halogens is 4. The Morgan fingerprint density at radius 1 is 0.736 bits per heavy atom. The van der Waals surface area contributed by atoms with Crippen molar-refractivity contribution < 1.29 is 113 Å². The lowest BCUT2D eigenvalue weighted by Gasteiger charge is -2.50. The first-order valence-electron chi connectivity index (χ1n) is 33.3. The van der Waals surface area contributed by atoms with Crippen LogP contribution >= 0.6 is 60.4 Å². The molecule has 2 saturated heterocycles. The maximum atomic E-state index is 16.1. The molecule has 5 aromatic carbocycles. The first-order chi connectivity index (χ1) is 50.0. The molecule has 106 heavy (non-hydrogen) atoms. The molecule has 2 fully saturated rings. The smallest absolute Gasteiger partial charge is 0.248 e. The minimum atomic E-state index is -2.31. The van der Waals surface area contributed by atoms with E-state index in [0.717, 1.165) is 55.5 Å². The Balaban J connectivity index is 0.00000644. The lowest BCUT2D eigenvalue weighted by atomic mass is 9.84. The monoisotopic (exact) mass is 1740 g/mol. The highest BCUT2D eigenvalue weighted by Gasteiger charge is 2.53. The van der Waals surface area contributed by atoms with Crippen molar-refractivity contribution in [1.29, 1.82) is 0 Å². The molecule has 7 amide bonds. The van der Waals surface area contributed by atoms with Crippen molar-refractivity contribution in [2.24, 2.45) is 11.7 Å². The number of nitrogens with one attached hydrogen (secondary N) is 7. The molecule has 0 radical (unpaired) electrons. The number of carbonyl (C=O) groups excluding carboxylic acids is 8. The number of likely N-dealkylation sites (N-methyl/N-ethyl adjacent to an activating group) is 2. The number of nitrogens with two attached hydrogens (primary N) is 1. The van der Waals surface area contributed by atoms with Crippen LogP contribution in [0.5, 0.6) is 46.0 Å². The van der Waals surface area contributed by atoms with Crippen molar-refractivity contribution in [3.05, 3.63) is 116 Å². The standard InChI is InChI=1S/C70H83Cl2N9O23.I2/c1-26(2)16-38(74-7)63(93)79-53-56(88)31-11-14-42(36(71)18-31)100-44-20-33-21-45(60(44)104-69-61(59(91)58(90)46(25-82)102-69)103-48-24-70(6,81(8)9)62(92)29(5)99-48)101-43-15-12-32(19-37(43)72)57(89)54-68(98)76-50(28(4)83)35-22-41(85)27(3)55(87)49(35)34-17-30(10-13-40(34)84)51(65(95)80-54)78-66(96)52(33)77-64(94)39(23-47(73)86)75-67(53)97;1-2/h10-15,17-22,26,29,38-39,46,48,50-54,56-59,61-62,69,74,82,84-85,87-92H,16,23-25H2,1-9H3,(H2,73,86)(H,75,97)(H,76,98)(H,77,94)(H,78,96)(H,79,93)(H,80,95);/t29-,38+,39-,46+,48-,50+,51+,52+,53?,54-,56+,57+,58+,59-,61+,62+,69-,70-;/m0./s1. The van der Waals surface area contributed by atoms with Crippen LogP contribution in [0.25, 0.3) is 11.1 Å². The van der Waals surface area contributed by atoms with Gasteiger partial charge >= 0.3 is 0 Å². The average molecular weight is 1740 g/mol. The van der Waals surface area contributed by atoms with Crippen molar-refractivity contribution in [2.75, 3.05) is 27.7 Å². The number of aliphatic hydroxyl groups excluding tert-OH is 6. The third-order valence-electron chi connectivity index (χ3n) is 19.3. The molecule has 0 aromatic heterocycles. The molecule has 36 heteroatoms. The molecule has 7 aliphatic heterocycles. The van der Waals surface area contributed by atoms with E-state index in [1.807, 2.05) is 13.8 Å². The third kappa shape index (κ3) is 17.4. The number of rotatable bonds is 14. The Morgan fingerprint density at radius 2 is 1.32 bits per heavy atom. The number of benzene rings is 5. The number of nitrogens with zero attached hydrogens (tertiary/aromatic N) is 1. The van der Waals surface area contributed by atoms with Gasteiger partial charge in [0.1, 0.15) is 95.5 Å². The molecule has 0 aliphatic carbocycles. The van der Waals surface area contributed by atoms with E-state index in [1.54, 1.807) is 32.8 Å². The van der Waals surface area contributed by atoms with Gasteiger partial charge < -0.3 is 122 Å². The number of carbonyl (C=O) groups is 8. The molecule has 0 saturated carbocycles. The summed E-state index contributed by atoms with van der Waals surface area (Å²) in [5.74, 6) is -14.0. The highest BCUT2D eigenvalue weighted by Crippen LogP contribution is 2.50. The summed E-state index contributed by atoms with van der Waals surface area (Å²) in [6.07, 6.45) is -17.8. The van der Waals surface area contributed by atoms with E-state index in [4.69, 9.17) is 57.4 Å². The zero-order valence-electron chi connectivity index (χ0n) is 58.4. The van der Waals surface area contributed by atoms with Crippen LogP contribution in [0.15, 0.2) is 72.8 Å². The van der Waals surface area contributed by atoms with Crippen LogP contribution in [0.2, 0.25) is 10.0 Å². The van der Waals surface area contributed by atoms with Crippen LogP contribution in [-0.2, 0) is 52.6 Å². The molecular formula is C70H83Cl2I2N9O23. The predicted molar refractivity (Wildman–Crippen MR) is 395 cm³/mol. The first-order valence-corrected chi connectivity index (χ1v) is 40.3. The number of phenols is 3. The lowest BCUT2D eigenvalue weighted by molar-refractivity contribution is -0.337. The number of fused-ring (bicyclic) bond motifs is 15. The molecular weight excluding hydrogens is 1660 g/mol. The van der Waals surface area contributed by atoms with E-state index in [2.05, 4.69) is 74.4 Å². The van der Waals surface area contributed by atoms with E-state index in [0.29, 0.717) is 0 Å². The van der Waals surface area contributed by atoms with Gasteiger partial charge in [-0.15, -0.1) is 0 Å². The van der Waals surface area contributed by atoms with Crippen LogP contribution < -0.4 is 57.2 Å². The summed E-state index contributed by atoms with van der Waals surface area (Å²) in [7, 11) is 4.91. The second kappa shape index (κ2) is 34.4. The van der Waals surface area contributed by atoms with Crippen LogP contribution in [-0.4, -0.2) is 205 Å². The highest BCUT2D eigenvalue weighted by atomic mass is 128. The van der Waals surface area contributed by atoms with Gasteiger partial charge in [-0.05, 0) is 144 Å². The number of Topliss-reactive ketones (excluding diaryl/α,β-unsaturated/α-hetero) is 1. The summed E-state index contributed by atoms with van der Waals surface area (Å²) in [5, 5.41) is 122. The van der Waals surface area contributed by atoms with Gasteiger partial charge in [0.25, 0.3) is 0 Å². The molecule has 7 aliphatic rings. The minimum Gasteiger partial charge on any atom is -0.508 e. The molecule has 12 rings (SSSR count). The fraction of sp³-hybridized carbons (Fsp3) is 0.457. The number of hydrogen-bond donors (Lipinski definition) is 17. The Kier molecular flexibility index (Phi) is 26.7. The molecule has 574 valence electrons. The summed E-state index contributed by atoms with van der Waals surface area (Å²) < 4.78 is 39.0. The first kappa shape index (κ1) is 82.5. The quantitative estimate of drug-likeness (QED) is 0.0709. The van der Waals surface area contributed by atoms with Gasteiger partial charge in [0.05, 0.1) is 46.9 Å². The van der Waals surface area contributed by atoms with Crippen LogP contribution in [0.1, 0.15) is 118 Å². The van der Waals surface area contributed by atoms with Gasteiger partial charge in [-0.3, -0.25) is 38.4 Å². The fourth-order valence-electron chi connectivity index (χ4n) is 13.1. The summed E-state index contributed by atoms with van der Waals surface area (Å²) in [5.41, 5.74) is 2.45. The van der Waals surface area contributed by atoms with E-state index < -0.39 is 214 Å². The fourth-order valence-corrected chi connectivity index (χ4v) is 13.6. The van der Waals surface area contributed by atoms with Crippen LogP contribution in [0, 0.1) is 12.8 Å². The Bertz CT molecular complexity index is 4200. The number of aromatic hydroxyl groups is 3. The van der Waals surface area contributed by atoms with Crippen molar-refractivity contribution in [2.45, 2.75) is 170 Å². The van der Waals surface area contributed by atoms with Gasteiger partial charge in [0.15, 0.2) is 29.7 Å². The Morgan fingerprint density at radius 3 is 1.89 bits per heavy atom. The molecule has 11 bridgehead atoms. The summed E-state index contributed by atoms with van der Waals surface area (Å²) >= 11 is 18.5. The van der Waals surface area contributed by atoms with Gasteiger partial charge in [-0.1, -0.05) is 55.2 Å². The Hall–Kier alpha value is -7.54. The van der Waals surface area contributed by atoms with E-state index >= 15 is 19.2 Å². The molecule has 18 N–H and O–H groups in total. The van der Waals surface area contributed by atoms with Gasteiger partial charge in [0.2, 0.25) is 53.4 Å². The number of aliphatic hydroxyl groups is 6. The zero-order valence-corrected chi connectivity index (χ0v) is 64.3. The van der Waals surface area contributed by atoms with E-state index in [9.17, 15) is 65.1 Å². The van der Waals surface area contributed by atoms with Gasteiger partial charge in [-0.2, -0.15) is 0 Å².